The highest BCUT2D eigenvalue weighted by Gasteiger charge is 2.72. The Labute approximate surface area is 102 Å². The molecule has 0 aliphatic heterocycles. The van der Waals surface area contributed by atoms with Crippen molar-refractivity contribution in [3.8, 4) is 0 Å². The van der Waals surface area contributed by atoms with Crippen molar-refractivity contribution in [1.82, 2.24) is 0 Å². The third kappa shape index (κ3) is 2.88. The highest BCUT2D eigenvalue weighted by molar-refractivity contribution is 6.30. The molecular weight excluding hydrogens is 289 g/mol. The molecule has 0 aliphatic carbocycles. The number of alkyl halides is 7. The second-order valence-electron chi connectivity index (χ2n) is 3.60. The van der Waals surface area contributed by atoms with Crippen molar-refractivity contribution in [3.05, 3.63) is 34.9 Å². The van der Waals surface area contributed by atoms with Crippen LogP contribution in [0.2, 0.25) is 5.02 Å². The summed E-state index contributed by atoms with van der Waals surface area (Å²) in [7, 11) is 0. The fourth-order valence-corrected chi connectivity index (χ4v) is 1.37. The zero-order valence-electron chi connectivity index (χ0n) is 8.54. The molecule has 0 nitrogen and oxygen atoms in total. The Bertz CT molecular complexity index is 390. The molecule has 1 rings (SSSR count). The number of halogens is 8. The fraction of sp³-hybridized carbons (Fsp3) is 0.400. The minimum Gasteiger partial charge on any atom is -0.223 e. The normalized spacial score (nSPS) is 13.8. The molecule has 0 aliphatic rings. The minimum atomic E-state index is -6.04. The van der Waals surface area contributed by atoms with Crippen molar-refractivity contribution in [1.29, 1.82) is 0 Å². The quantitative estimate of drug-likeness (QED) is 0.693. The average molecular weight is 295 g/mol. The van der Waals surface area contributed by atoms with E-state index in [1.807, 2.05) is 0 Å². The smallest absolute Gasteiger partial charge is 0.223 e. The van der Waals surface area contributed by atoms with Crippen LogP contribution in [-0.4, -0.2) is 18.0 Å². The van der Waals surface area contributed by atoms with E-state index in [0.717, 1.165) is 24.3 Å². The number of rotatable bonds is 2. The van der Waals surface area contributed by atoms with Gasteiger partial charge in [0, 0.05) is 11.4 Å². The van der Waals surface area contributed by atoms with Gasteiger partial charge >= 0.3 is 18.0 Å². The summed E-state index contributed by atoms with van der Waals surface area (Å²) in [6.45, 7) is 0. The van der Waals surface area contributed by atoms with Gasteiger partial charge in [-0.15, -0.1) is 0 Å². The molecule has 0 amide bonds. The van der Waals surface area contributed by atoms with Crippen molar-refractivity contribution < 1.29 is 30.7 Å². The van der Waals surface area contributed by atoms with Crippen molar-refractivity contribution in [2.24, 2.45) is 0 Å². The van der Waals surface area contributed by atoms with Crippen LogP contribution in [0.25, 0.3) is 0 Å². The first-order chi connectivity index (χ1) is 7.97. The molecule has 102 valence electrons. The zero-order valence-corrected chi connectivity index (χ0v) is 9.30. The van der Waals surface area contributed by atoms with Gasteiger partial charge in [-0.3, -0.25) is 0 Å². The Kier molecular flexibility index (Phi) is 3.86. The molecule has 0 spiro atoms. The highest BCUT2D eigenvalue weighted by atomic mass is 35.5. The van der Waals surface area contributed by atoms with Gasteiger partial charge in [0.05, 0.1) is 0 Å². The van der Waals surface area contributed by atoms with Crippen molar-refractivity contribution in [2.75, 3.05) is 0 Å². The van der Waals surface area contributed by atoms with Gasteiger partial charge in [-0.05, 0) is 17.7 Å². The second-order valence-corrected chi connectivity index (χ2v) is 4.04. The third-order valence-corrected chi connectivity index (χ3v) is 2.51. The lowest BCUT2D eigenvalue weighted by Gasteiger charge is -2.30. The van der Waals surface area contributed by atoms with Crippen LogP contribution in [-0.2, 0) is 6.42 Å². The van der Waals surface area contributed by atoms with Gasteiger partial charge in [0.1, 0.15) is 0 Å². The molecule has 0 bridgehead atoms. The van der Waals surface area contributed by atoms with Crippen LogP contribution in [0, 0.1) is 0 Å². The first-order valence-corrected chi connectivity index (χ1v) is 4.92. The van der Waals surface area contributed by atoms with Gasteiger partial charge in [0.2, 0.25) is 0 Å². The molecule has 0 radical (unpaired) electrons. The van der Waals surface area contributed by atoms with Crippen molar-refractivity contribution >= 4 is 11.6 Å². The molecular formula is C10H6ClF7. The lowest BCUT2D eigenvalue weighted by Crippen LogP contribution is -2.54. The minimum absolute atomic E-state index is 0.127. The average Bonchev–Trinajstić information content (AvgIpc) is 2.18. The van der Waals surface area contributed by atoms with E-state index in [0.29, 0.717) is 0 Å². The first kappa shape index (κ1) is 15.1. The predicted molar refractivity (Wildman–Crippen MR) is 51.1 cm³/mol. The molecule has 0 aromatic heterocycles. The second kappa shape index (κ2) is 4.60. The summed E-state index contributed by atoms with van der Waals surface area (Å²) in [5, 5.41) is 0.127. The van der Waals surface area contributed by atoms with Gasteiger partial charge in [-0.2, -0.15) is 26.3 Å². The molecule has 0 saturated carbocycles. The molecule has 0 heterocycles. The van der Waals surface area contributed by atoms with E-state index >= 15 is 0 Å². The van der Waals surface area contributed by atoms with Gasteiger partial charge in [-0.25, -0.2) is 4.39 Å². The highest BCUT2D eigenvalue weighted by Crippen LogP contribution is 2.48. The van der Waals surface area contributed by atoms with E-state index in [2.05, 4.69) is 0 Å². The number of benzene rings is 1. The van der Waals surface area contributed by atoms with Crippen LogP contribution < -0.4 is 0 Å². The number of hydrogen-bond donors (Lipinski definition) is 0. The molecule has 8 heteroatoms. The van der Waals surface area contributed by atoms with Crippen LogP contribution in [0.15, 0.2) is 24.3 Å². The Hall–Kier alpha value is -0.980. The van der Waals surface area contributed by atoms with Gasteiger partial charge in [0.15, 0.2) is 0 Å². The van der Waals surface area contributed by atoms with E-state index in [1.165, 1.54) is 0 Å². The molecule has 0 atom stereocenters. The summed E-state index contributed by atoms with van der Waals surface area (Å²) in [4.78, 5) is 0. The van der Waals surface area contributed by atoms with E-state index in [-0.39, 0.29) is 5.02 Å². The van der Waals surface area contributed by atoms with Crippen LogP contribution in [0.5, 0.6) is 0 Å². The fourth-order valence-electron chi connectivity index (χ4n) is 1.24. The molecule has 1 aromatic rings. The summed E-state index contributed by atoms with van der Waals surface area (Å²) >= 11 is 5.42. The molecule has 18 heavy (non-hydrogen) atoms. The molecule has 1 aromatic carbocycles. The maximum absolute atomic E-state index is 13.3. The third-order valence-electron chi connectivity index (χ3n) is 2.26. The monoisotopic (exact) mass is 294 g/mol. The van der Waals surface area contributed by atoms with E-state index < -0.39 is 30.0 Å². The van der Waals surface area contributed by atoms with Crippen LogP contribution in [0.3, 0.4) is 0 Å². The van der Waals surface area contributed by atoms with E-state index in [9.17, 15) is 30.7 Å². The van der Waals surface area contributed by atoms with E-state index in [4.69, 9.17) is 11.6 Å². The Morgan fingerprint density at radius 1 is 0.778 bits per heavy atom. The predicted octanol–water partition coefficient (Wildman–Crippen LogP) is 4.72. The van der Waals surface area contributed by atoms with Crippen molar-refractivity contribution in [3.63, 3.8) is 0 Å². The standard InChI is InChI=1S/C10H6ClF7/c11-7-3-1-6(2-4-7)5-8(12,9(13,14)15)10(16,17)18/h1-4H,5H2. The van der Waals surface area contributed by atoms with Gasteiger partial charge in [-0.1, -0.05) is 23.7 Å². The maximum Gasteiger partial charge on any atom is 0.431 e. The van der Waals surface area contributed by atoms with Crippen LogP contribution >= 0.6 is 11.6 Å². The lowest BCUT2D eigenvalue weighted by molar-refractivity contribution is -0.340. The summed E-state index contributed by atoms with van der Waals surface area (Å²) in [6, 6.07) is 4.00. The van der Waals surface area contributed by atoms with Gasteiger partial charge in [0.25, 0.3) is 0 Å². The van der Waals surface area contributed by atoms with Crippen LogP contribution in [0.1, 0.15) is 5.56 Å². The van der Waals surface area contributed by atoms with Gasteiger partial charge < -0.3 is 0 Å². The summed E-state index contributed by atoms with van der Waals surface area (Å²) < 4.78 is 86.8. The first-order valence-electron chi connectivity index (χ1n) is 4.54. The molecule has 0 fully saturated rings. The summed E-state index contributed by atoms with van der Waals surface area (Å²) in [6.07, 6.45) is -13.9. The SMILES string of the molecule is FC(F)(F)C(F)(Cc1ccc(Cl)cc1)C(F)(F)F. The Morgan fingerprint density at radius 2 is 1.17 bits per heavy atom. The number of hydrogen-bond acceptors (Lipinski definition) is 0. The zero-order chi connectivity index (χ0) is 14.2. The lowest BCUT2D eigenvalue weighted by atomic mass is 9.95. The Morgan fingerprint density at radius 3 is 1.50 bits per heavy atom. The summed E-state index contributed by atoms with van der Waals surface area (Å²) in [5.41, 5.74) is -5.72. The summed E-state index contributed by atoms with van der Waals surface area (Å²) in [5.74, 6) is 0. The largest absolute Gasteiger partial charge is 0.431 e. The maximum atomic E-state index is 13.3. The van der Waals surface area contributed by atoms with E-state index in [1.54, 1.807) is 0 Å². The molecule has 0 unspecified atom stereocenters. The molecule has 0 saturated heterocycles. The molecule has 0 N–H and O–H groups in total. The van der Waals surface area contributed by atoms with Crippen molar-refractivity contribution in [2.45, 2.75) is 24.4 Å². The van der Waals surface area contributed by atoms with Crippen LogP contribution in [0.4, 0.5) is 30.7 Å². The topological polar surface area (TPSA) is 0 Å². The Balaban J connectivity index is 3.12.